The molecular weight excluding hydrogens is 310 g/mol. The Hall–Kier alpha value is -0.640. The molecule has 0 fully saturated rings. The minimum absolute atomic E-state index is 0.213. The first-order chi connectivity index (χ1) is 8.90. The van der Waals surface area contributed by atoms with Gasteiger partial charge in [-0.3, -0.25) is 0 Å². The van der Waals surface area contributed by atoms with E-state index >= 15 is 0 Å². The van der Waals surface area contributed by atoms with E-state index in [-0.39, 0.29) is 6.61 Å². The Morgan fingerprint density at radius 1 is 1.16 bits per heavy atom. The van der Waals surface area contributed by atoms with Crippen molar-refractivity contribution in [2.75, 3.05) is 13.2 Å². The Kier molecular flexibility index (Phi) is 6.76. The Morgan fingerprint density at radius 2 is 1.79 bits per heavy atom. The zero-order valence-electron chi connectivity index (χ0n) is 10.7. The van der Waals surface area contributed by atoms with Gasteiger partial charge in [0.25, 0.3) is 0 Å². The average molecular weight is 326 g/mol. The fraction of sp³-hybridized carbons (Fsp3) is 0.462. The quantitative estimate of drug-likeness (QED) is 0.566. The lowest BCUT2D eigenvalue weighted by Gasteiger charge is -2.10. The fourth-order valence-corrected chi connectivity index (χ4v) is 1.79. The van der Waals surface area contributed by atoms with Gasteiger partial charge in [-0.1, -0.05) is 48.7 Å². The summed E-state index contributed by atoms with van der Waals surface area (Å²) >= 11 is 17.5. The van der Waals surface area contributed by atoms with Gasteiger partial charge in [0, 0.05) is 6.07 Å². The molecule has 3 nitrogen and oxygen atoms in total. The largest absolute Gasteiger partial charge is 0.480 e. The number of carbonyl (C=O) groups is 1. The highest BCUT2D eigenvalue weighted by molar-refractivity contribution is 6.43. The third-order valence-electron chi connectivity index (χ3n) is 2.28. The van der Waals surface area contributed by atoms with Crippen LogP contribution in [0.1, 0.15) is 20.3 Å². The van der Waals surface area contributed by atoms with Gasteiger partial charge in [0.05, 0.1) is 21.7 Å². The molecule has 0 unspecified atom stereocenters. The van der Waals surface area contributed by atoms with Crippen molar-refractivity contribution in [3.63, 3.8) is 0 Å². The molecule has 6 heteroatoms. The van der Waals surface area contributed by atoms with Crippen molar-refractivity contribution >= 4 is 40.8 Å². The van der Waals surface area contributed by atoms with E-state index in [1.165, 1.54) is 12.1 Å². The molecule has 0 bridgehead atoms. The maximum Gasteiger partial charge on any atom is 0.344 e. The summed E-state index contributed by atoms with van der Waals surface area (Å²) in [6.07, 6.45) is 0.819. The molecule has 1 aromatic carbocycles. The Morgan fingerprint density at radius 3 is 2.42 bits per heavy atom. The van der Waals surface area contributed by atoms with Crippen LogP contribution in [0.2, 0.25) is 15.1 Å². The van der Waals surface area contributed by atoms with Gasteiger partial charge in [-0.05, 0) is 18.4 Å². The lowest BCUT2D eigenvalue weighted by molar-refractivity contribution is -0.146. The number of esters is 1. The first kappa shape index (κ1) is 16.4. The molecule has 0 heterocycles. The van der Waals surface area contributed by atoms with Gasteiger partial charge in [-0.2, -0.15) is 0 Å². The summed E-state index contributed by atoms with van der Waals surface area (Å²) < 4.78 is 10.2. The molecule has 0 radical (unpaired) electrons. The molecule has 106 valence electrons. The normalized spacial score (nSPS) is 10.6. The van der Waals surface area contributed by atoms with E-state index in [0.29, 0.717) is 33.3 Å². The first-order valence-electron chi connectivity index (χ1n) is 5.83. The fourth-order valence-electron chi connectivity index (χ4n) is 1.20. The molecule has 0 aliphatic rings. The lowest BCUT2D eigenvalue weighted by atomic mass is 10.1. The van der Waals surface area contributed by atoms with Crippen LogP contribution in [0.4, 0.5) is 0 Å². The van der Waals surface area contributed by atoms with Crippen LogP contribution >= 0.6 is 34.8 Å². The Balaban J connectivity index is 2.44. The van der Waals surface area contributed by atoms with E-state index in [9.17, 15) is 4.79 Å². The highest BCUT2D eigenvalue weighted by Crippen LogP contribution is 2.33. The maximum atomic E-state index is 11.4. The molecule has 0 atom stereocenters. The molecule has 1 aromatic rings. The Labute approximate surface area is 127 Å². The van der Waals surface area contributed by atoms with Crippen LogP contribution in [0.15, 0.2) is 12.1 Å². The van der Waals surface area contributed by atoms with Crippen LogP contribution in [0.25, 0.3) is 0 Å². The highest BCUT2D eigenvalue weighted by Gasteiger charge is 2.10. The van der Waals surface area contributed by atoms with Crippen LogP contribution in [0, 0.1) is 5.92 Å². The summed E-state index contributed by atoms with van der Waals surface area (Å²) in [7, 11) is 0. The standard InChI is InChI=1S/C13H15Cl3O3/c1-8(2)3-4-18-13(17)7-19-12-6-10(15)9(14)5-11(12)16/h5-6,8H,3-4,7H2,1-2H3. The summed E-state index contributed by atoms with van der Waals surface area (Å²) in [6, 6.07) is 2.93. The smallest absolute Gasteiger partial charge is 0.344 e. The summed E-state index contributed by atoms with van der Waals surface area (Å²) in [4.78, 5) is 11.4. The van der Waals surface area contributed by atoms with Crippen LogP contribution in [0.5, 0.6) is 5.75 Å². The van der Waals surface area contributed by atoms with Gasteiger partial charge in [0.2, 0.25) is 0 Å². The molecule has 0 saturated heterocycles. The van der Waals surface area contributed by atoms with E-state index in [2.05, 4.69) is 13.8 Å². The van der Waals surface area contributed by atoms with Gasteiger partial charge >= 0.3 is 5.97 Å². The lowest BCUT2D eigenvalue weighted by Crippen LogP contribution is -2.16. The summed E-state index contributed by atoms with van der Waals surface area (Å²) in [5.74, 6) is 0.345. The first-order valence-corrected chi connectivity index (χ1v) is 6.96. The van der Waals surface area contributed by atoms with Gasteiger partial charge in [0.15, 0.2) is 6.61 Å². The number of ether oxygens (including phenoxy) is 2. The van der Waals surface area contributed by atoms with Crippen molar-refractivity contribution in [2.45, 2.75) is 20.3 Å². The number of benzene rings is 1. The molecule has 0 aliphatic carbocycles. The zero-order chi connectivity index (χ0) is 14.4. The number of carbonyl (C=O) groups excluding carboxylic acids is 1. The topological polar surface area (TPSA) is 35.5 Å². The van der Waals surface area contributed by atoms with Gasteiger partial charge in [-0.15, -0.1) is 0 Å². The van der Waals surface area contributed by atoms with Crippen molar-refractivity contribution in [1.29, 1.82) is 0 Å². The van der Waals surface area contributed by atoms with E-state index in [1.54, 1.807) is 0 Å². The SMILES string of the molecule is CC(C)CCOC(=O)COc1cc(Cl)c(Cl)cc1Cl. The second-order valence-electron chi connectivity index (χ2n) is 4.39. The van der Waals surface area contributed by atoms with Gasteiger partial charge in [0.1, 0.15) is 5.75 Å². The van der Waals surface area contributed by atoms with Crippen molar-refractivity contribution in [3.8, 4) is 5.75 Å². The van der Waals surface area contributed by atoms with E-state index in [1.807, 2.05) is 0 Å². The molecule has 1 rings (SSSR count). The van der Waals surface area contributed by atoms with Crippen molar-refractivity contribution in [3.05, 3.63) is 27.2 Å². The van der Waals surface area contributed by atoms with Gasteiger partial charge in [-0.25, -0.2) is 4.79 Å². The molecule has 0 spiro atoms. The molecule has 0 aliphatic heterocycles. The van der Waals surface area contributed by atoms with E-state index in [4.69, 9.17) is 44.3 Å². The van der Waals surface area contributed by atoms with Crippen molar-refractivity contribution in [2.24, 2.45) is 5.92 Å². The minimum atomic E-state index is -0.442. The van der Waals surface area contributed by atoms with Crippen LogP contribution in [-0.4, -0.2) is 19.2 Å². The van der Waals surface area contributed by atoms with Crippen molar-refractivity contribution in [1.82, 2.24) is 0 Å². The second kappa shape index (κ2) is 7.83. The number of rotatable bonds is 6. The predicted molar refractivity (Wildman–Crippen MR) is 77.4 cm³/mol. The molecule has 0 aromatic heterocycles. The second-order valence-corrected chi connectivity index (χ2v) is 5.61. The summed E-state index contributed by atoms with van der Waals surface area (Å²) in [5.41, 5.74) is 0. The average Bonchev–Trinajstić information content (AvgIpc) is 2.31. The Bertz CT molecular complexity index is 447. The number of hydrogen-bond donors (Lipinski definition) is 0. The molecular formula is C13H15Cl3O3. The van der Waals surface area contributed by atoms with E-state index < -0.39 is 5.97 Å². The monoisotopic (exact) mass is 324 g/mol. The zero-order valence-corrected chi connectivity index (χ0v) is 13.0. The third-order valence-corrected chi connectivity index (χ3v) is 3.30. The van der Waals surface area contributed by atoms with Crippen LogP contribution < -0.4 is 4.74 Å². The maximum absolute atomic E-state index is 11.4. The third kappa shape index (κ3) is 5.89. The van der Waals surface area contributed by atoms with Crippen LogP contribution in [-0.2, 0) is 9.53 Å². The summed E-state index contributed by atoms with van der Waals surface area (Å²) in [5, 5.41) is 0.942. The molecule has 0 N–H and O–H groups in total. The highest BCUT2D eigenvalue weighted by atomic mass is 35.5. The number of halogens is 3. The van der Waals surface area contributed by atoms with E-state index in [0.717, 1.165) is 6.42 Å². The van der Waals surface area contributed by atoms with Crippen molar-refractivity contribution < 1.29 is 14.3 Å². The molecule has 19 heavy (non-hydrogen) atoms. The van der Waals surface area contributed by atoms with Crippen LogP contribution in [0.3, 0.4) is 0 Å². The summed E-state index contributed by atoms with van der Waals surface area (Å²) in [6.45, 7) is 4.28. The molecule has 0 amide bonds. The van der Waals surface area contributed by atoms with Gasteiger partial charge < -0.3 is 9.47 Å². The number of hydrogen-bond acceptors (Lipinski definition) is 3. The predicted octanol–water partition coefficient (Wildman–Crippen LogP) is 4.61. The minimum Gasteiger partial charge on any atom is -0.480 e. The molecule has 0 saturated carbocycles.